The maximum atomic E-state index is 2.51. The molecule has 2 aliphatic carbocycles. The Labute approximate surface area is 266 Å². The molecule has 0 radical (unpaired) electrons. The van der Waals surface area contributed by atoms with Crippen molar-refractivity contribution in [2.75, 3.05) is 0 Å². The lowest BCUT2D eigenvalue weighted by molar-refractivity contribution is 0.850. The molecule has 0 amide bonds. The highest BCUT2D eigenvalue weighted by atomic mass is 32.2. The van der Waals surface area contributed by atoms with Gasteiger partial charge >= 0.3 is 0 Å². The van der Waals surface area contributed by atoms with Crippen LogP contribution in [-0.4, -0.2) is 5.25 Å². The third-order valence-corrected chi connectivity index (χ3v) is 12.0. The molecule has 9 rings (SSSR count). The van der Waals surface area contributed by atoms with Crippen molar-refractivity contribution in [1.82, 2.24) is 0 Å². The van der Waals surface area contributed by atoms with E-state index in [0.717, 1.165) is 12.8 Å². The lowest BCUT2D eigenvalue weighted by atomic mass is 9.78. The summed E-state index contributed by atoms with van der Waals surface area (Å²) in [4.78, 5) is 1.49. The molecule has 6 aromatic rings. The standard InChI is InChI=1S/C42H30S2/c1-5-13-27(14-6-1)31-21-23-35-33(25-31)39-37(29-17-9-3-10-18-29)38(30-19-11-4-12-20-30)40-34-26-32(28-15-7-2-8-16-28)22-24-36(34)44-42(40)41(39)43-35/h1-19,21-23,25-26,30,36H,20,24H2. The Morgan fingerprint density at radius 3 is 2.09 bits per heavy atom. The first kappa shape index (κ1) is 26.1. The van der Waals surface area contributed by atoms with Crippen molar-refractivity contribution in [1.29, 1.82) is 0 Å². The number of thioether (sulfide) groups is 1. The minimum absolute atomic E-state index is 0.326. The van der Waals surface area contributed by atoms with Crippen LogP contribution < -0.4 is 0 Å². The van der Waals surface area contributed by atoms with E-state index in [4.69, 9.17) is 0 Å². The number of hydrogen-bond donors (Lipinski definition) is 0. The lowest BCUT2D eigenvalue weighted by Crippen LogP contribution is -2.08. The Morgan fingerprint density at radius 2 is 1.36 bits per heavy atom. The lowest BCUT2D eigenvalue weighted by Gasteiger charge is -2.25. The van der Waals surface area contributed by atoms with Crippen LogP contribution in [0.2, 0.25) is 0 Å². The molecule has 0 saturated heterocycles. The van der Waals surface area contributed by atoms with Gasteiger partial charge in [0.25, 0.3) is 0 Å². The van der Waals surface area contributed by atoms with E-state index in [2.05, 4.69) is 157 Å². The van der Waals surface area contributed by atoms with Crippen LogP contribution in [0.15, 0.2) is 151 Å². The second-order valence-electron chi connectivity index (χ2n) is 11.9. The van der Waals surface area contributed by atoms with Crippen LogP contribution >= 0.6 is 23.1 Å². The molecule has 0 nitrogen and oxygen atoms in total. The minimum Gasteiger partial charge on any atom is -0.134 e. The van der Waals surface area contributed by atoms with Gasteiger partial charge in [0, 0.05) is 31.5 Å². The van der Waals surface area contributed by atoms with E-state index in [9.17, 15) is 0 Å². The monoisotopic (exact) mass is 598 g/mol. The first-order chi connectivity index (χ1) is 21.8. The van der Waals surface area contributed by atoms with Gasteiger partial charge in [-0.15, -0.1) is 23.1 Å². The van der Waals surface area contributed by atoms with Crippen molar-refractivity contribution >= 4 is 54.4 Å². The van der Waals surface area contributed by atoms with E-state index in [0.29, 0.717) is 11.2 Å². The molecule has 0 fully saturated rings. The highest BCUT2D eigenvalue weighted by Crippen LogP contribution is 2.60. The van der Waals surface area contributed by atoms with Gasteiger partial charge in [-0.25, -0.2) is 0 Å². The molecule has 2 heterocycles. The van der Waals surface area contributed by atoms with Gasteiger partial charge in [0.1, 0.15) is 0 Å². The number of benzene rings is 5. The van der Waals surface area contributed by atoms with Gasteiger partial charge in [0.2, 0.25) is 0 Å². The van der Waals surface area contributed by atoms with E-state index in [1.165, 1.54) is 75.2 Å². The van der Waals surface area contributed by atoms with Gasteiger partial charge in [0.05, 0.1) is 4.70 Å². The molecule has 2 unspecified atom stereocenters. The van der Waals surface area contributed by atoms with Crippen LogP contribution in [0.4, 0.5) is 0 Å². The molecule has 1 aromatic heterocycles. The number of rotatable bonds is 4. The number of thiophene rings is 1. The molecule has 0 N–H and O–H groups in total. The van der Waals surface area contributed by atoms with Crippen molar-refractivity contribution in [3.63, 3.8) is 0 Å². The molecule has 2 heteroatoms. The zero-order valence-electron chi connectivity index (χ0n) is 24.2. The molecule has 1 aliphatic heterocycles. The molecule has 3 aliphatic rings. The van der Waals surface area contributed by atoms with Crippen molar-refractivity contribution < 1.29 is 0 Å². The van der Waals surface area contributed by atoms with E-state index in [1.54, 1.807) is 0 Å². The molecule has 5 aromatic carbocycles. The maximum absolute atomic E-state index is 2.51. The van der Waals surface area contributed by atoms with Crippen LogP contribution in [0.5, 0.6) is 0 Å². The number of allylic oxidation sites excluding steroid dienone is 7. The highest BCUT2D eigenvalue weighted by Gasteiger charge is 2.37. The van der Waals surface area contributed by atoms with Crippen LogP contribution in [-0.2, 0) is 0 Å². The van der Waals surface area contributed by atoms with E-state index >= 15 is 0 Å². The second-order valence-corrected chi connectivity index (χ2v) is 14.1. The van der Waals surface area contributed by atoms with Gasteiger partial charge in [-0.1, -0.05) is 127 Å². The fourth-order valence-corrected chi connectivity index (χ4v) is 10.0. The normalized spacial score (nSPS) is 18.7. The third-order valence-electron chi connectivity index (χ3n) is 9.30. The van der Waals surface area contributed by atoms with E-state index < -0.39 is 0 Å². The SMILES string of the molecule is C1=CCC(c2c3c(c4sc5ccc(-c6ccccc6)cc5c4c2-c2ccccc2)SC2CC=C(c4ccccc4)C=C32)C=C1. The summed E-state index contributed by atoms with van der Waals surface area (Å²) in [6, 6.07) is 40.0. The quantitative estimate of drug-likeness (QED) is 0.194. The van der Waals surface area contributed by atoms with E-state index in [1.807, 2.05) is 11.3 Å². The summed E-state index contributed by atoms with van der Waals surface area (Å²) < 4.78 is 2.81. The maximum Gasteiger partial charge on any atom is 0.0504 e. The topological polar surface area (TPSA) is 0 Å². The Kier molecular flexibility index (Phi) is 6.32. The minimum atomic E-state index is 0.326. The van der Waals surface area contributed by atoms with Crippen molar-refractivity contribution in [2.45, 2.75) is 28.9 Å². The summed E-state index contributed by atoms with van der Waals surface area (Å²) >= 11 is 4.08. The first-order valence-corrected chi connectivity index (χ1v) is 17.2. The van der Waals surface area contributed by atoms with Gasteiger partial charge in [0.15, 0.2) is 0 Å². The Hall–Kier alpha value is -4.37. The third kappa shape index (κ3) is 4.20. The fourth-order valence-electron chi connectivity index (χ4n) is 7.28. The summed E-state index contributed by atoms with van der Waals surface area (Å²) in [7, 11) is 0. The molecular weight excluding hydrogens is 569 g/mol. The Morgan fingerprint density at radius 1 is 0.636 bits per heavy atom. The van der Waals surface area contributed by atoms with Crippen molar-refractivity contribution in [3.8, 4) is 22.3 Å². The molecule has 2 atom stereocenters. The average molecular weight is 599 g/mol. The Bertz CT molecular complexity index is 2180. The number of fused-ring (bicyclic) bond motifs is 7. The van der Waals surface area contributed by atoms with Crippen LogP contribution in [0, 0.1) is 0 Å². The predicted octanol–water partition coefficient (Wildman–Crippen LogP) is 12.3. The molecular formula is C42H30S2. The molecule has 210 valence electrons. The summed E-state index contributed by atoms with van der Waals surface area (Å²) in [6.07, 6.45) is 16.3. The largest absolute Gasteiger partial charge is 0.134 e. The second kappa shape index (κ2) is 10.7. The van der Waals surface area contributed by atoms with Crippen LogP contribution in [0.3, 0.4) is 0 Å². The summed E-state index contributed by atoms with van der Waals surface area (Å²) in [5, 5.41) is 3.24. The van der Waals surface area contributed by atoms with Crippen LogP contribution in [0.25, 0.3) is 53.6 Å². The number of hydrogen-bond acceptors (Lipinski definition) is 2. The van der Waals surface area contributed by atoms with Crippen molar-refractivity contribution in [2.24, 2.45) is 0 Å². The molecule has 0 saturated carbocycles. The molecule has 44 heavy (non-hydrogen) atoms. The first-order valence-electron chi connectivity index (χ1n) is 15.5. The summed E-state index contributed by atoms with van der Waals surface area (Å²) in [5.41, 5.74) is 12.4. The Balaban J connectivity index is 1.39. The predicted molar refractivity (Wildman–Crippen MR) is 192 cm³/mol. The highest BCUT2D eigenvalue weighted by molar-refractivity contribution is 8.01. The molecule has 0 bridgehead atoms. The van der Waals surface area contributed by atoms with Gasteiger partial charge in [-0.3, -0.25) is 0 Å². The van der Waals surface area contributed by atoms with Gasteiger partial charge < -0.3 is 0 Å². The van der Waals surface area contributed by atoms with Gasteiger partial charge in [-0.05, 0) is 81.1 Å². The molecule has 0 spiro atoms. The zero-order chi connectivity index (χ0) is 29.0. The van der Waals surface area contributed by atoms with Crippen LogP contribution in [0.1, 0.15) is 35.4 Å². The zero-order valence-corrected chi connectivity index (χ0v) is 25.9. The van der Waals surface area contributed by atoms with Gasteiger partial charge in [-0.2, -0.15) is 0 Å². The smallest absolute Gasteiger partial charge is 0.0504 e. The summed E-state index contributed by atoms with van der Waals surface area (Å²) in [5.74, 6) is 0.326. The average Bonchev–Trinajstić information content (AvgIpc) is 3.67. The van der Waals surface area contributed by atoms with Crippen molar-refractivity contribution in [3.05, 3.63) is 162 Å². The van der Waals surface area contributed by atoms with E-state index in [-0.39, 0.29) is 0 Å². The fraction of sp³-hybridized carbons (Fsp3) is 0.0952. The summed E-state index contributed by atoms with van der Waals surface area (Å²) in [6.45, 7) is 0.